The highest BCUT2D eigenvalue weighted by Crippen LogP contribution is 2.22. The first-order valence-corrected chi connectivity index (χ1v) is 8.29. The summed E-state index contributed by atoms with van der Waals surface area (Å²) in [5, 5.41) is 11.0. The van der Waals surface area contributed by atoms with Crippen molar-refractivity contribution < 1.29 is 0 Å². The van der Waals surface area contributed by atoms with Crippen LogP contribution in [0, 0.1) is 0 Å². The van der Waals surface area contributed by atoms with Gasteiger partial charge in [0.25, 0.3) is 0 Å². The highest BCUT2D eigenvalue weighted by molar-refractivity contribution is 6.30. The Kier molecular flexibility index (Phi) is 5.59. The first-order valence-electron chi connectivity index (χ1n) is 7.91. The lowest BCUT2D eigenvalue weighted by atomic mass is 10.2. The van der Waals surface area contributed by atoms with E-state index in [1.54, 1.807) is 0 Å². The van der Waals surface area contributed by atoms with E-state index in [1.807, 2.05) is 66.7 Å². The minimum absolute atomic E-state index is 0.656. The molecular formula is C20H20ClN3. The van der Waals surface area contributed by atoms with Crippen LogP contribution in [0.3, 0.4) is 0 Å². The van der Waals surface area contributed by atoms with Crippen molar-refractivity contribution in [3.8, 4) is 0 Å². The third-order valence-electron chi connectivity index (χ3n) is 3.67. The van der Waals surface area contributed by atoms with Gasteiger partial charge in [-0.3, -0.25) is 0 Å². The molecule has 0 radical (unpaired) electrons. The van der Waals surface area contributed by atoms with Gasteiger partial charge in [0.2, 0.25) is 0 Å². The molecule has 4 heteroatoms. The van der Waals surface area contributed by atoms with E-state index in [0.717, 1.165) is 28.6 Å². The quantitative estimate of drug-likeness (QED) is 0.503. The number of anilines is 3. The van der Waals surface area contributed by atoms with E-state index in [-0.39, 0.29) is 0 Å². The zero-order valence-corrected chi connectivity index (χ0v) is 14.1. The molecule has 0 unspecified atom stereocenters. The van der Waals surface area contributed by atoms with Crippen molar-refractivity contribution in [3.63, 3.8) is 0 Å². The highest BCUT2D eigenvalue weighted by atomic mass is 35.5. The summed E-state index contributed by atoms with van der Waals surface area (Å²) in [4.78, 5) is 0. The predicted octanol–water partition coefficient (Wildman–Crippen LogP) is 5.43. The SMILES string of the molecule is Clc1ccc(CNc2ccccc2NCNc2ccccc2)cc1. The molecule has 0 saturated heterocycles. The molecular weight excluding hydrogens is 318 g/mol. The monoisotopic (exact) mass is 337 g/mol. The van der Waals surface area contributed by atoms with Gasteiger partial charge in [-0.1, -0.05) is 54.1 Å². The molecule has 0 aliphatic carbocycles. The van der Waals surface area contributed by atoms with Crippen molar-refractivity contribution in [1.82, 2.24) is 0 Å². The standard InChI is InChI=1S/C20H20ClN3/c21-17-12-10-16(11-13-17)14-22-19-8-4-5-9-20(19)24-15-23-18-6-2-1-3-7-18/h1-13,22-24H,14-15H2. The van der Waals surface area contributed by atoms with Crippen molar-refractivity contribution in [2.75, 3.05) is 22.6 Å². The topological polar surface area (TPSA) is 36.1 Å². The number of para-hydroxylation sites is 3. The summed E-state index contributed by atoms with van der Waals surface area (Å²) in [6, 6.07) is 26.2. The zero-order valence-electron chi connectivity index (χ0n) is 13.3. The Morgan fingerprint density at radius 1 is 0.625 bits per heavy atom. The van der Waals surface area contributed by atoms with Gasteiger partial charge in [-0.05, 0) is 42.0 Å². The number of benzene rings is 3. The van der Waals surface area contributed by atoms with Crippen LogP contribution in [0.5, 0.6) is 0 Å². The van der Waals surface area contributed by atoms with Crippen LogP contribution in [0.25, 0.3) is 0 Å². The van der Waals surface area contributed by atoms with Crippen molar-refractivity contribution in [2.45, 2.75) is 6.54 Å². The van der Waals surface area contributed by atoms with E-state index in [9.17, 15) is 0 Å². The second kappa shape index (κ2) is 8.27. The average molecular weight is 338 g/mol. The van der Waals surface area contributed by atoms with Crippen LogP contribution < -0.4 is 16.0 Å². The van der Waals surface area contributed by atoms with Gasteiger partial charge >= 0.3 is 0 Å². The van der Waals surface area contributed by atoms with Gasteiger partial charge in [-0.15, -0.1) is 0 Å². The third-order valence-corrected chi connectivity index (χ3v) is 3.92. The summed E-state index contributed by atoms with van der Waals surface area (Å²) in [6.07, 6.45) is 0. The van der Waals surface area contributed by atoms with Crippen LogP contribution in [0.1, 0.15) is 5.56 Å². The lowest BCUT2D eigenvalue weighted by molar-refractivity contribution is 1.14. The first-order chi connectivity index (χ1) is 11.8. The fraction of sp³-hybridized carbons (Fsp3) is 0.100. The van der Waals surface area contributed by atoms with Crippen LogP contribution >= 0.6 is 11.6 Å². The molecule has 0 bridgehead atoms. The van der Waals surface area contributed by atoms with E-state index < -0.39 is 0 Å². The summed E-state index contributed by atoms with van der Waals surface area (Å²) in [5.74, 6) is 0. The third kappa shape index (κ3) is 4.67. The fourth-order valence-electron chi connectivity index (χ4n) is 2.39. The smallest absolute Gasteiger partial charge is 0.0850 e. The Labute approximate surface area is 147 Å². The number of halogens is 1. The number of hydrogen-bond donors (Lipinski definition) is 3. The number of nitrogens with one attached hydrogen (secondary N) is 3. The molecule has 3 rings (SSSR count). The Hall–Kier alpha value is -2.65. The molecule has 3 aromatic carbocycles. The Balaban J connectivity index is 1.57. The van der Waals surface area contributed by atoms with E-state index in [1.165, 1.54) is 5.56 Å². The van der Waals surface area contributed by atoms with Gasteiger partial charge in [-0.25, -0.2) is 0 Å². The molecule has 0 atom stereocenters. The van der Waals surface area contributed by atoms with E-state index in [4.69, 9.17) is 11.6 Å². The van der Waals surface area contributed by atoms with Gasteiger partial charge in [-0.2, -0.15) is 0 Å². The van der Waals surface area contributed by atoms with Crippen molar-refractivity contribution in [2.24, 2.45) is 0 Å². The maximum absolute atomic E-state index is 5.92. The zero-order chi connectivity index (χ0) is 16.6. The molecule has 24 heavy (non-hydrogen) atoms. The lowest BCUT2D eigenvalue weighted by Crippen LogP contribution is -2.13. The Bertz CT molecular complexity index is 757. The van der Waals surface area contributed by atoms with Gasteiger partial charge in [0.1, 0.15) is 0 Å². The molecule has 0 aliphatic rings. The average Bonchev–Trinajstić information content (AvgIpc) is 2.63. The molecule has 3 aromatic rings. The molecule has 0 aliphatic heterocycles. The van der Waals surface area contributed by atoms with Crippen molar-refractivity contribution in [3.05, 3.63) is 89.4 Å². The number of rotatable bonds is 7. The summed E-state index contributed by atoms with van der Waals surface area (Å²) in [7, 11) is 0. The second-order valence-corrected chi connectivity index (χ2v) is 5.86. The molecule has 122 valence electrons. The van der Waals surface area contributed by atoms with Crippen LogP contribution in [-0.2, 0) is 6.54 Å². The maximum atomic E-state index is 5.92. The number of hydrogen-bond acceptors (Lipinski definition) is 3. The molecule has 0 fully saturated rings. The van der Waals surface area contributed by atoms with E-state index >= 15 is 0 Å². The first kappa shape index (κ1) is 16.2. The lowest BCUT2D eigenvalue weighted by Gasteiger charge is -2.15. The van der Waals surface area contributed by atoms with Crippen LogP contribution in [0.15, 0.2) is 78.9 Å². The molecule has 3 nitrogen and oxygen atoms in total. The Morgan fingerprint density at radius 3 is 1.96 bits per heavy atom. The predicted molar refractivity (Wildman–Crippen MR) is 104 cm³/mol. The Morgan fingerprint density at radius 2 is 1.25 bits per heavy atom. The van der Waals surface area contributed by atoms with Gasteiger partial charge in [0.15, 0.2) is 0 Å². The van der Waals surface area contributed by atoms with Crippen LogP contribution in [0.2, 0.25) is 5.02 Å². The minimum Gasteiger partial charge on any atom is -0.379 e. The van der Waals surface area contributed by atoms with Gasteiger partial charge in [0, 0.05) is 17.3 Å². The van der Waals surface area contributed by atoms with E-state index in [0.29, 0.717) is 6.67 Å². The van der Waals surface area contributed by atoms with Crippen LogP contribution in [-0.4, -0.2) is 6.67 Å². The summed E-state index contributed by atoms with van der Waals surface area (Å²) >= 11 is 5.92. The summed E-state index contributed by atoms with van der Waals surface area (Å²) in [6.45, 7) is 1.41. The molecule has 0 aromatic heterocycles. The highest BCUT2D eigenvalue weighted by Gasteiger charge is 2.01. The molecule has 0 spiro atoms. The normalized spacial score (nSPS) is 10.2. The van der Waals surface area contributed by atoms with Crippen LogP contribution in [0.4, 0.5) is 17.1 Å². The van der Waals surface area contributed by atoms with Crippen molar-refractivity contribution >= 4 is 28.7 Å². The minimum atomic E-state index is 0.656. The van der Waals surface area contributed by atoms with Crippen molar-refractivity contribution in [1.29, 1.82) is 0 Å². The molecule has 0 saturated carbocycles. The van der Waals surface area contributed by atoms with E-state index in [2.05, 4.69) is 28.1 Å². The van der Waals surface area contributed by atoms with Gasteiger partial charge in [0.05, 0.1) is 18.0 Å². The molecule has 3 N–H and O–H groups in total. The van der Waals surface area contributed by atoms with Gasteiger partial charge < -0.3 is 16.0 Å². The summed E-state index contributed by atoms with van der Waals surface area (Å²) < 4.78 is 0. The fourth-order valence-corrected chi connectivity index (χ4v) is 2.51. The molecule has 0 amide bonds. The summed E-state index contributed by atoms with van der Waals surface area (Å²) in [5.41, 5.74) is 4.42. The maximum Gasteiger partial charge on any atom is 0.0850 e. The molecule has 0 heterocycles. The second-order valence-electron chi connectivity index (χ2n) is 5.42. The largest absolute Gasteiger partial charge is 0.379 e.